The zero-order valence-electron chi connectivity index (χ0n) is 7.19. The predicted molar refractivity (Wildman–Crippen MR) is 45.9 cm³/mol. The largest absolute Gasteiger partial charge is 0.345 e. The van der Waals surface area contributed by atoms with Crippen molar-refractivity contribution in [3.8, 4) is 0 Å². The number of carbonyl (C=O) groups is 3. The summed E-state index contributed by atoms with van der Waals surface area (Å²) in [5, 5.41) is 0. The maximum absolute atomic E-state index is 10.9. The van der Waals surface area contributed by atoms with Crippen LogP contribution in [-0.2, 0) is 11.3 Å². The van der Waals surface area contributed by atoms with Gasteiger partial charge in [-0.15, -0.1) is 0 Å². The van der Waals surface area contributed by atoms with Crippen molar-refractivity contribution in [2.24, 2.45) is 0 Å². The zero-order chi connectivity index (χ0) is 9.84. The van der Waals surface area contributed by atoms with Crippen LogP contribution in [0.25, 0.3) is 0 Å². The fourth-order valence-corrected chi connectivity index (χ4v) is 1.10. The van der Waals surface area contributed by atoms with E-state index in [9.17, 15) is 14.4 Å². The van der Waals surface area contributed by atoms with Crippen LogP contribution in [0.4, 0.5) is 0 Å². The summed E-state index contributed by atoms with van der Waals surface area (Å²) in [7, 11) is 0. The third-order valence-corrected chi connectivity index (χ3v) is 1.78. The third kappa shape index (κ3) is 1.72. The number of nitrogens with zero attached hydrogens (tertiary/aromatic N) is 1. The first-order valence-corrected chi connectivity index (χ1v) is 3.87. The van der Waals surface area contributed by atoms with E-state index >= 15 is 0 Å². The van der Waals surface area contributed by atoms with Gasteiger partial charge in [-0.3, -0.25) is 14.4 Å². The molecule has 1 aromatic rings. The number of carbonyl (C=O) groups excluding carboxylic acids is 3. The number of hydrogen-bond acceptors (Lipinski definition) is 3. The Morgan fingerprint density at radius 2 is 2.23 bits per heavy atom. The second-order valence-corrected chi connectivity index (χ2v) is 2.54. The number of aromatic nitrogens is 1. The number of ketones is 1. The summed E-state index contributed by atoms with van der Waals surface area (Å²) < 4.78 is 1.61. The van der Waals surface area contributed by atoms with Gasteiger partial charge in [0, 0.05) is 18.3 Å². The lowest BCUT2D eigenvalue weighted by Crippen LogP contribution is -1.98. The highest BCUT2D eigenvalue weighted by Gasteiger charge is 2.09. The maximum atomic E-state index is 10.9. The molecule has 0 aromatic carbocycles. The molecule has 4 nitrogen and oxygen atoms in total. The number of hydrogen-bond donors (Lipinski definition) is 0. The van der Waals surface area contributed by atoms with Crippen molar-refractivity contribution in [3.63, 3.8) is 0 Å². The minimum absolute atomic E-state index is 0.240. The van der Waals surface area contributed by atoms with E-state index in [0.717, 1.165) is 0 Å². The first-order valence-electron chi connectivity index (χ1n) is 3.87. The molecule has 0 aliphatic carbocycles. The van der Waals surface area contributed by atoms with E-state index in [0.29, 0.717) is 18.5 Å². The summed E-state index contributed by atoms with van der Waals surface area (Å²) in [5.74, 6) is -0.602. The molecule has 0 bridgehead atoms. The van der Waals surface area contributed by atoms with E-state index in [2.05, 4.69) is 0 Å². The van der Waals surface area contributed by atoms with Crippen molar-refractivity contribution in [3.05, 3.63) is 23.5 Å². The van der Waals surface area contributed by atoms with Gasteiger partial charge in [-0.2, -0.15) is 0 Å². The fraction of sp³-hybridized carbons (Fsp3) is 0.222. The molecule has 68 valence electrons. The van der Waals surface area contributed by atoms with E-state index in [4.69, 9.17) is 0 Å². The van der Waals surface area contributed by atoms with Crippen LogP contribution < -0.4 is 0 Å². The Hall–Kier alpha value is -1.71. The average molecular weight is 179 g/mol. The van der Waals surface area contributed by atoms with Gasteiger partial charge < -0.3 is 4.57 Å². The summed E-state index contributed by atoms with van der Waals surface area (Å²) in [6.07, 6.45) is 2.40. The number of rotatable bonds is 4. The number of Topliss-reactive ketones (excluding diaryl/α,β-unsaturated/α-hetero) is 1. The highest BCUT2D eigenvalue weighted by Crippen LogP contribution is 2.06. The van der Waals surface area contributed by atoms with Crippen LogP contribution in [0.2, 0.25) is 0 Å². The topological polar surface area (TPSA) is 56.1 Å². The molecule has 0 saturated carbocycles. The molecule has 0 atom stereocenters. The summed E-state index contributed by atoms with van der Waals surface area (Å²) in [5.41, 5.74) is 0.673. The molecule has 0 amide bonds. The summed E-state index contributed by atoms with van der Waals surface area (Å²) in [6, 6.07) is 1.41. The molecule has 13 heavy (non-hydrogen) atoms. The smallest absolute Gasteiger partial charge is 0.226 e. The molecule has 1 heterocycles. The molecule has 0 radical (unpaired) electrons. The van der Waals surface area contributed by atoms with Gasteiger partial charge in [0.2, 0.25) is 5.78 Å². The van der Waals surface area contributed by atoms with Crippen LogP contribution in [0.3, 0.4) is 0 Å². The van der Waals surface area contributed by atoms with Gasteiger partial charge in [-0.25, -0.2) is 0 Å². The first kappa shape index (κ1) is 9.38. The van der Waals surface area contributed by atoms with Gasteiger partial charge in [-0.1, -0.05) is 0 Å². The molecular formula is C9H9NO3. The Kier molecular flexibility index (Phi) is 2.74. The molecule has 1 aromatic heterocycles. The Morgan fingerprint density at radius 1 is 1.54 bits per heavy atom. The van der Waals surface area contributed by atoms with E-state index in [1.54, 1.807) is 4.57 Å². The summed E-state index contributed by atoms with van der Waals surface area (Å²) in [4.78, 5) is 31.6. The summed E-state index contributed by atoms with van der Waals surface area (Å²) in [6.45, 7) is 2.45. The van der Waals surface area contributed by atoms with Crippen LogP contribution in [0.1, 0.15) is 27.8 Å². The van der Waals surface area contributed by atoms with Crippen molar-refractivity contribution in [1.82, 2.24) is 4.57 Å². The molecule has 0 unspecified atom stereocenters. The predicted octanol–water partition coefficient (Wildman–Crippen LogP) is 0.702. The Bertz CT molecular complexity index is 352. The SMILES string of the molecule is CCn1cc(C(=O)C=O)cc1C=O. The van der Waals surface area contributed by atoms with E-state index in [1.807, 2.05) is 6.92 Å². The zero-order valence-corrected chi connectivity index (χ0v) is 7.19. The second-order valence-electron chi connectivity index (χ2n) is 2.54. The minimum Gasteiger partial charge on any atom is -0.345 e. The average Bonchev–Trinajstić information content (AvgIpc) is 2.59. The lowest BCUT2D eigenvalue weighted by molar-refractivity contribution is -0.104. The van der Waals surface area contributed by atoms with Crippen molar-refractivity contribution < 1.29 is 14.4 Å². The first-order chi connectivity index (χ1) is 6.22. The van der Waals surface area contributed by atoms with Crippen molar-refractivity contribution in [1.29, 1.82) is 0 Å². The van der Waals surface area contributed by atoms with Gasteiger partial charge in [0.05, 0.1) is 5.69 Å². The molecule has 1 rings (SSSR count). The van der Waals surface area contributed by atoms with Gasteiger partial charge >= 0.3 is 0 Å². The van der Waals surface area contributed by atoms with Crippen molar-refractivity contribution >= 4 is 18.4 Å². The molecule has 0 saturated heterocycles. The highest BCUT2D eigenvalue weighted by atomic mass is 16.2. The monoisotopic (exact) mass is 179 g/mol. The van der Waals surface area contributed by atoms with Crippen LogP contribution in [0.5, 0.6) is 0 Å². The normalized spacial score (nSPS) is 9.62. The Labute approximate surface area is 75.2 Å². The van der Waals surface area contributed by atoms with Crippen LogP contribution >= 0.6 is 0 Å². The van der Waals surface area contributed by atoms with Crippen LogP contribution in [0, 0.1) is 0 Å². The van der Waals surface area contributed by atoms with Crippen LogP contribution in [0.15, 0.2) is 12.3 Å². The van der Waals surface area contributed by atoms with E-state index in [1.165, 1.54) is 12.3 Å². The minimum atomic E-state index is -0.602. The molecular weight excluding hydrogens is 170 g/mol. The molecule has 0 aliphatic rings. The fourth-order valence-electron chi connectivity index (χ4n) is 1.10. The molecule has 0 N–H and O–H groups in total. The molecule has 0 aliphatic heterocycles. The second kappa shape index (κ2) is 3.80. The van der Waals surface area contributed by atoms with Gasteiger partial charge in [-0.05, 0) is 13.0 Å². The van der Waals surface area contributed by atoms with Crippen molar-refractivity contribution in [2.45, 2.75) is 13.5 Å². The standard InChI is InChI=1S/C9H9NO3/c1-2-10-4-7(9(13)6-12)3-8(10)5-11/h3-6H,2H2,1H3. The van der Waals surface area contributed by atoms with Gasteiger partial charge in [0.15, 0.2) is 12.6 Å². The van der Waals surface area contributed by atoms with E-state index in [-0.39, 0.29) is 11.8 Å². The van der Waals surface area contributed by atoms with Crippen LogP contribution in [-0.4, -0.2) is 22.9 Å². The Morgan fingerprint density at radius 3 is 2.62 bits per heavy atom. The highest BCUT2D eigenvalue weighted by molar-refractivity contribution is 6.33. The number of aldehydes is 2. The quantitative estimate of drug-likeness (QED) is 0.388. The van der Waals surface area contributed by atoms with E-state index < -0.39 is 5.78 Å². The number of aryl methyl sites for hydroxylation is 1. The summed E-state index contributed by atoms with van der Waals surface area (Å²) >= 11 is 0. The molecule has 4 heteroatoms. The Balaban J connectivity index is 3.12. The molecule has 0 spiro atoms. The van der Waals surface area contributed by atoms with Gasteiger partial charge in [0.1, 0.15) is 0 Å². The van der Waals surface area contributed by atoms with Crippen molar-refractivity contribution in [2.75, 3.05) is 0 Å². The van der Waals surface area contributed by atoms with Gasteiger partial charge in [0.25, 0.3) is 0 Å². The lowest BCUT2D eigenvalue weighted by Gasteiger charge is -1.96. The third-order valence-electron chi connectivity index (χ3n) is 1.78. The lowest BCUT2D eigenvalue weighted by atomic mass is 10.2. The molecule has 0 fully saturated rings. The maximum Gasteiger partial charge on any atom is 0.226 e.